The number of nitrogens with one attached hydrogen (secondary N) is 1. The van der Waals surface area contributed by atoms with Crippen LogP contribution in [0.15, 0.2) is 90.0 Å². The minimum Gasteiger partial charge on any atom is -0.449 e. The van der Waals surface area contributed by atoms with E-state index in [2.05, 4.69) is 10.4 Å². The number of aromatic nitrogens is 2. The summed E-state index contributed by atoms with van der Waals surface area (Å²) in [7, 11) is -3.77. The topological polar surface area (TPSA) is 120 Å². The van der Waals surface area contributed by atoms with Crippen LogP contribution in [0.5, 0.6) is 0 Å². The highest BCUT2D eigenvalue weighted by molar-refractivity contribution is 7.89. The van der Waals surface area contributed by atoms with Crippen LogP contribution in [-0.2, 0) is 24.3 Å². The maximum Gasteiger partial charge on any atom is 0.342 e. The zero-order valence-corrected chi connectivity index (χ0v) is 22.9. The first-order valence-electron chi connectivity index (χ1n) is 12.8. The molecule has 0 unspecified atom stereocenters. The first-order valence-corrected chi connectivity index (χ1v) is 14.3. The number of nitrogens with zero attached hydrogens (tertiary/aromatic N) is 3. The van der Waals surface area contributed by atoms with Gasteiger partial charge < -0.3 is 14.8 Å². The number of hydrogen-bond donors (Lipinski definition) is 1. The average Bonchev–Trinajstić information content (AvgIpc) is 3.44. The Morgan fingerprint density at radius 2 is 1.71 bits per heavy atom. The summed E-state index contributed by atoms with van der Waals surface area (Å²) < 4.78 is 53.1. The number of benzene rings is 3. The third-order valence-corrected chi connectivity index (χ3v) is 8.33. The highest BCUT2D eigenvalue weighted by atomic mass is 32.2. The van der Waals surface area contributed by atoms with E-state index in [4.69, 9.17) is 9.47 Å². The molecule has 0 bridgehead atoms. The van der Waals surface area contributed by atoms with Crippen molar-refractivity contribution in [3.05, 3.63) is 96.4 Å². The predicted molar refractivity (Wildman–Crippen MR) is 148 cm³/mol. The zero-order valence-electron chi connectivity index (χ0n) is 22.1. The van der Waals surface area contributed by atoms with E-state index in [1.807, 2.05) is 18.2 Å². The van der Waals surface area contributed by atoms with Gasteiger partial charge >= 0.3 is 5.97 Å². The molecule has 1 N–H and O–H groups in total. The highest BCUT2D eigenvalue weighted by Gasteiger charge is 2.28. The van der Waals surface area contributed by atoms with Crippen molar-refractivity contribution >= 4 is 27.6 Å². The molecule has 0 saturated carbocycles. The number of para-hydroxylation sites is 1. The van der Waals surface area contributed by atoms with Gasteiger partial charge in [0.2, 0.25) is 10.0 Å². The fourth-order valence-corrected chi connectivity index (χ4v) is 5.70. The van der Waals surface area contributed by atoms with Crippen molar-refractivity contribution in [1.29, 1.82) is 0 Å². The zero-order chi connectivity index (χ0) is 29.0. The molecule has 0 spiro atoms. The van der Waals surface area contributed by atoms with Crippen LogP contribution in [-0.4, -0.2) is 66.8 Å². The Hall–Kier alpha value is -4.39. The lowest BCUT2D eigenvalue weighted by Crippen LogP contribution is -2.40. The maximum absolute atomic E-state index is 13.6. The molecule has 5 rings (SSSR count). The standard InChI is InChI=1S/C29H27FN4O6S/c1-20(28(35)31-23-6-5-9-25(18-23)41(37,38)33-14-16-39-17-15-33)40-29(36)26-19-34(24-7-3-2-4-8-24)32-27(26)21-10-12-22(30)13-11-21/h2-13,18-20H,14-17H2,1H3,(H,31,35)/t20-/m1/s1. The van der Waals surface area contributed by atoms with Gasteiger partial charge in [0, 0.05) is 30.5 Å². The summed E-state index contributed by atoms with van der Waals surface area (Å²) in [6, 6.07) is 20.5. The normalized spacial score (nSPS) is 14.8. The first kappa shape index (κ1) is 28.1. The molecule has 212 valence electrons. The SMILES string of the molecule is C[C@@H](OC(=O)c1cn(-c2ccccc2)nc1-c1ccc(F)cc1)C(=O)Nc1cccc(S(=O)(=O)N2CCOCC2)c1. The maximum atomic E-state index is 13.6. The molecule has 2 heterocycles. The lowest BCUT2D eigenvalue weighted by atomic mass is 10.1. The van der Waals surface area contributed by atoms with Crippen LogP contribution in [0.3, 0.4) is 0 Å². The molecule has 1 atom stereocenters. The summed E-state index contributed by atoms with van der Waals surface area (Å²) in [5, 5.41) is 7.13. The number of carbonyl (C=O) groups is 2. The van der Waals surface area contributed by atoms with Gasteiger partial charge in [-0.25, -0.2) is 22.3 Å². The summed E-state index contributed by atoms with van der Waals surface area (Å²) in [5.41, 5.74) is 1.75. The number of morpholine rings is 1. The molecule has 12 heteroatoms. The number of sulfonamides is 1. The summed E-state index contributed by atoms with van der Waals surface area (Å²) in [5.74, 6) is -1.90. The van der Waals surface area contributed by atoms with E-state index in [9.17, 15) is 22.4 Å². The molecule has 3 aromatic carbocycles. The lowest BCUT2D eigenvalue weighted by molar-refractivity contribution is -0.123. The highest BCUT2D eigenvalue weighted by Crippen LogP contribution is 2.26. The predicted octanol–water partition coefficient (Wildman–Crippen LogP) is 3.88. The number of esters is 1. The molecule has 1 amide bonds. The molecule has 41 heavy (non-hydrogen) atoms. The number of anilines is 1. The van der Waals surface area contributed by atoms with Gasteiger partial charge in [-0.3, -0.25) is 4.79 Å². The molecular formula is C29H27FN4O6S. The van der Waals surface area contributed by atoms with Gasteiger partial charge in [0.1, 0.15) is 17.1 Å². The number of carbonyl (C=O) groups excluding carboxylic acids is 2. The molecular weight excluding hydrogens is 551 g/mol. The average molecular weight is 579 g/mol. The van der Waals surface area contributed by atoms with Gasteiger partial charge in [-0.1, -0.05) is 24.3 Å². The Labute approximate surface area is 236 Å². The van der Waals surface area contributed by atoms with Crippen molar-refractivity contribution in [1.82, 2.24) is 14.1 Å². The van der Waals surface area contributed by atoms with Crippen molar-refractivity contribution < 1.29 is 31.9 Å². The Bertz CT molecular complexity index is 1650. The van der Waals surface area contributed by atoms with E-state index in [0.717, 1.165) is 0 Å². The number of amides is 1. The number of hydrogen-bond acceptors (Lipinski definition) is 7. The van der Waals surface area contributed by atoms with Crippen LogP contribution < -0.4 is 5.32 Å². The van der Waals surface area contributed by atoms with Crippen molar-refractivity contribution in [3.63, 3.8) is 0 Å². The van der Waals surface area contributed by atoms with E-state index in [-0.39, 0.29) is 34.9 Å². The number of halogens is 1. The molecule has 1 aliphatic heterocycles. The van der Waals surface area contributed by atoms with Crippen molar-refractivity contribution in [2.45, 2.75) is 17.9 Å². The van der Waals surface area contributed by atoms with E-state index < -0.39 is 33.8 Å². The summed E-state index contributed by atoms with van der Waals surface area (Å²) in [4.78, 5) is 26.2. The third kappa shape index (κ3) is 6.35. The Morgan fingerprint density at radius 3 is 2.41 bits per heavy atom. The van der Waals surface area contributed by atoms with Crippen LogP contribution in [0.2, 0.25) is 0 Å². The van der Waals surface area contributed by atoms with Crippen molar-refractivity contribution in [3.8, 4) is 16.9 Å². The fourth-order valence-electron chi connectivity index (χ4n) is 4.25. The molecule has 1 aromatic heterocycles. The summed E-state index contributed by atoms with van der Waals surface area (Å²) in [6.45, 7) is 2.51. The first-order chi connectivity index (χ1) is 19.7. The largest absolute Gasteiger partial charge is 0.449 e. The second-order valence-corrected chi connectivity index (χ2v) is 11.2. The van der Waals surface area contributed by atoms with Gasteiger partial charge in [0.05, 0.1) is 23.8 Å². The van der Waals surface area contributed by atoms with E-state index in [1.54, 1.807) is 18.2 Å². The van der Waals surface area contributed by atoms with E-state index in [0.29, 0.717) is 24.5 Å². The molecule has 1 saturated heterocycles. The molecule has 0 aliphatic carbocycles. The van der Waals surface area contributed by atoms with Crippen LogP contribution in [0.4, 0.5) is 10.1 Å². The molecule has 1 fully saturated rings. The molecule has 0 radical (unpaired) electrons. The van der Waals surface area contributed by atoms with Crippen molar-refractivity contribution in [2.75, 3.05) is 31.6 Å². The Balaban J connectivity index is 1.33. The fraction of sp³-hybridized carbons (Fsp3) is 0.207. The number of rotatable bonds is 8. The van der Waals surface area contributed by atoms with Gasteiger partial charge in [-0.05, 0) is 61.5 Å². The van der Waals surface area contributed by atoms with Crippen LogP contribution in [0.1, 0.15) is 17.3 Å². The van der Waals surface area contributed by atoms with Gasteiger partial charge in [-0.15, -0.1) is 0 Å². The van der Waals surface area contributed by atoms with Gasteiger partial charge in [-0.2, -0.15) is 9.40 Å². The van der Waals surface area contributed by atoms with E-state index >= 15 is 0 Å². The lowest BCUT2D eigenvalue weighted by Gasteiger charge is -2.26. The Kier molecular flexibility index (Phi) is 8.24. The van der Waals surface area contributed by atoms with Crippen LogP contribution >= 0.6 is 0 Å². The van der Waals surface area contributed by atoms with Gasteiger partial charge in [0.25, 0.3) is 5.91 Å². The van der Waals surface area contributed by atoms with Gasteiger partial charge in [0.15, 0.2) is 6.10 Å². The Morgan fingerprint density at radius 1 is 1.00 bits per heavy atom. The molecule has 1 aliphatic rings. The van der Waals surface area contributed by atoms with Crippen LogP contribution in [0.25, 0.3) is 16.9 Å². The monoisotopic (exact) mass is 578 g/mol. The summed E-state index contributed by atoms with van der Waals surface area (Å²) >= 11 is 0. The third-order valence-electron chi connectivity index (χ3n) is 6.43. The molecule has 4 aromatic rings. The van der Waals surface area contributed by atoms with Crippen molar-refractivity contribution in [2.24, 2.45) is 0 Å². The smallest absolute Gasteiger partial charge is 0.342 e. The number of ether oxygens (including phenoxy) is 2. The minimum atomic E-state index is -3.77. The van der Waals surface area contributed by atoms with Crippen LogP contribution in [0, 0.1) is 5.82 Å². The van der Waals surface area contributed by atoms with E-state index in [1.165, 1.54) is 64.6 Å². The quantitative estimate of drug-likeness (QED) is 0.315. The molecule has 10 nitrogen and oxygen atoms in total. The minimum absolute atomic E-state index is 0.0270. The second-order valence-electron chi connectivity index (χ2n) is 9.26. The summed E-state index contributed by atoms with van der Waals surface area (Å²) in [6.07, 6.45) is 0.254. The second kappa shape index (κ2) is 12.0.